The maximum atomic E-state index is 12.7. The fourth-order valence-electron chi connectivity index (χ4n) is 3.06. The zero-order chi connectivity index (χ0) is 16.4. The van der Waals surface area contributed by atoms with Crippen LogP contribution in [0.4, 0.5) is 0 Å². The molecular formula is C18H18N4O2. The Labute approximate surface area is 139 Å². The van der Waals surface area contributed by atoms with Crippen LogP contribution in [0.2, 0.25) is 0 Å². The normalized spacial score (nSPS) is 15.6. The zero-order valence-corrected chi connectivity index (χ0v) is 13.2. The molecule has 0 saturated carbocycles. The first-order valence-corrected chi connectivity index (χ1v) is 8.11. The average molecular weight is 322 g/mol. The van der Waals surface area contributed by atoms with E-state index in [-0.39, 0.29) is 12.0 Å². The number of para-hydroxylation sites is 1. The molecule has 0 spiro atoms. The molecule has 0 bridgehead atoms. The number of ether oxygens (including phenoxy) is 1. The number of fused-ring (bicyclic) bond motifs is 1. The number of benzene rings is 1. The molecule has 2 aromatic heterocycles. The largest absolute Gasteiger partial charge is 0.473 e. The topological polar surface area (TPSA) is 71.1 Å². The molecule has 0 atom stereocenters. The van der Waals surface area contributed by atoms with Crippen LogP contribution < -0.4 is 4.74 Å². The second-order valence-electron chi connectivity index (χ2n) is 5.94. The van der Waals surface area contributed by atoms with Crippen LogP contribution in [-0.4, -0.2) is 45.2 Å². The van der Waals surface area contributed by atoms with E-state index in [9.17, 15) is 4.79 Å². The molecule has 1 saturated heterocycles. The van der Waals surface area contributed by atoms with Gasteiger partial charge < -0.3 is 14.6 Å². The Bertz CT molecular complexity index is 805. The highest BCUT2D eigenvalue weighted by Crippen LogP contribution is 2.20. The summed E-state index contributed by atoms with van der Waals surface area (Å²) in [7, 11) is 0. The lowest BCUT2D eigenvalue weighted by Crippen LogP contribution is -2.42. The number of carbonyl (C=O) groups excluding carboxylic acids is 1. The van der Waals surface area contributed by atoms with Crippen molar-refractivity contribution in [1.29, 1.82) is 0 Å². The molecule has 0 radical (unpaired) electrons. The Kier molecular flexibility index (Phi) is 3.86. The zero-order valence-electron chi connectivity index (χ0n) is 13.2. The molecule has 1 aromatic carbocycles. The summed E-state index contributed by atoms with van der Waals surface area (Å²) >= 11 is 0. The van der Waals surface area contributed by atoms with Crippen LogP contribution in [0.3, 0.4) is 0 Å². The molecule has 1 N–H and O–H groups in total. The van der Waals surface area contributed by atoms with Crippen molar-refractivity contribution >= 4 is 16.8 Å². The number of hydrogen-bond donors (Lipinski definition) is 1. The summed E-state index contributed by atoms with van der Waals surface area (Å²) in [4.78, 5) is 17.7. The van der Waals surface area contributed by atoms with Crippen molar-refractivity contribution in [2.75, 3.05) is 13.1 Å². The molecule has 3 aromatic rings. The van der Waals surface area contributed by atoms with Crippen molar-refractivity contribution in [3.05, 3.63) is 54.4 Å². The second-order valence-corrected chi connectivity index (χ2v) is 5.94. The molecule has 6 heteroatoms. The maximum Gasteiger partial charge on any atom is 0.270 e. The van der Waals surface area contributed by atoms with Crippen molar-refractivity contribution in [1.82, 2.24) is 20.1 Å². The fourth-order valence-corrected chi connectivity index (χ4v) is 3.06. The number of hydrogen-bond acceptors (Lipinski definition) is 4. The number of piperidine rings is 1. The van der Waals surface area contributed by atoms with E-state index in [0.717, 1.165) is 23.7 Å². The maximum absolute atomic E-state index is 12.7. The third-order valence-electron chi connectivity index (χ3n) is 4.32. The number of H-pyrrole nitrogens is 1. The Morgan fingerprint density at radius 2 is 2.00 bits per heavy atom. The predicted molar refractivity (Wildman–Crippen MR) is 89.9 cm³/mol. The lowest BCUT2D eigenvalue weighted by molar-refractivity contribution is 0.0581. The van der Waals surface area contributed by atoms with E-state index in [1.165, 1.54) is 0 Å². The smallest absolute Gasteiger partial charge is 0.270 e. The van der Waals surface area contributed by atoms with Gasteiger partial charge in [0.1, 0.15) is 11.8 Å². The van der Waals surface area contributed by atoms with Gasteiger partial charge in [-0.2, -0.15) is 5.10 Å². The van der Waals surface area contributed by atoms with E-state index in [1.807, 2.05) is 35.2 Å². The number of amides is 1. The van der Waals surface area contributed by atoms with E-state index >= 15 is 0 Å². The molecule has 1 aliphatic rings. The molecule has 6 nitrogen and oxygen atoms in total. The van der Waals surface area contributed by atoms with Crippen LogP contribution in [-0.2, 0) is 0 Å². The number of aromatic amines is 1. The minimum absolute atomic E-state index is 0.0455. The fraction of sp³-hybridized carbons (Fsp3) is 0.278. The van der Waals surface area contributed by atoms with E-state index in [0.29, 0.717) is 24.7 Å². The number of aromatic nitrogens is 3. The van der Waals surface area contributed by atoms with Gasteiger partial charge in [0.2, 0.25) is 5.88 Å². The van der Waals surface area contributed by atoms with Gasteiger partial charge in [0.25, 0.3) is 5.91 Å². The van der Waals surface area contributed by atoms with Crippen LogP contribution in [0, 0.1) is 0 Å². The van der Waals surface area contributed by atoms with Gasteiger partial charge in [0, 0.05) is 49.1 Å². The molecule has 24 heavy (non-hydrogen) atoms. The third-order valence-corrected chi connectivity index (χ3v) is 4.32. The van der Waals surface area contributed by atoms with Crippen LogP contribution in [0.5, 0.6) is 5.88 Å². The molecule has 1 amide bonds. The summed E-state index contributed by atoms with van der Waals surface area (Å²) < 4.78 is 5.82. The average Bonchev–Trinajstić information content (AvgIpc) is 3.07. The predicted octanol–water partition coefficient (Wildman–Crippen LogP) is 2.64. The van der Waals surface area contributed by atoms with Crippen molar-refractivity contribution in [2.24, 2.45) is 0 Å². The van der Waals surface area contributed by atoms with Gasteiger partial charge in [0.05, 0.1) is 0 Å². The first-order chi connectivity index (χ1) is 11.8. The van der Waals surface area contributed by atoms with Crippen LogP contribution in [0.15, 0.2) is 48.7 Å². The quantitative estimate of drug-likeness (QED) is 0.805. The van der Waals surface area contributed by atoms with Crippen molar-refractivity contribution in [2.45, 2.75) is 18.9 Å². The molecule has 1 aliphatic heterocycles. The number of likely N-dealkylation sites (tertiary alicyclic amines) is 1. The standard InChI is InChI=1S/C18H18N4O2/c23-18(16-12-13-4-1-2-5-15(13)20-16)22-10-7-14(8-11-22)24-17-6-3-9-19-21-17/h1-6,9,12,14,20H,7-8,10-11H2. The molecule has 1 fully saturated rings. The lowest BCUT2D eigenvalue weighted by Gasteiger charge is -2.31. The summed E-state index contributed by atoms with van der Waals surface area (Å²) in [5.74, 6) is 0.585. The van der Waals surface area contributed by atoms with Crippen molar-refractivity contribution < 1.29 is 9.53 Å². The van der Waals surface area contributed by atoms with E-state index in [1.54, 1.807) is 18.3 Å². The number of nitrogens with zero attached hydrogens (tertiary/aromatic N) is 3. The van der Waals surface area contributed by atoms with Gasteiger partial charge in [0.15, 0.2) is 0 Å². The van der Waals surface area contributed by atoms with Crippen molar-refractivity contribution in [3.63, 3.8) is 0 Å². The molecule has 3 heterocycles. The van der Waals surface area contributed by atoms with E-state index in [2.05, 4.69) is 15.2 Å². The second kappa shape index (κ2) is 6.31. The highest BCUT2D eigenvalue weighted by atomic mass is 16.5. The lowest BCUT2D eigenvalue weighted by atomic mass is 10.1. The molecule has 4 rings (SSSR count). The highest BCUT2D eigenvalue weighted by Gasteiger charge is 2.25. The van der Waals surface area contributed by atoms with Crippen LogP contribution >= 0.6 is 0 Å². The Balaban J connectivity index is 1.39. The summed E-state index contributed by atoms with van der Waals surface area (Å²) in [5.41, 5.74) is 1.63. The van der Waals surface area contributed by atoms with Crippen molar-refractivity contribution in [3.8, 4) is 5.88 Å². The number of carbonyl (C=O) groups is 1. The Morgan fingerprint density at radius 3 is 2.75 bits per heavy atom. The summed E-state index contributed by atoms with van der Waals surface area (Å²) in [6, 6.07) is 13.4. The highest BCUT2D eigenvalue weighted by molar-refractivity contribution is 5.98. The number of rotatable bonds is 3. The van der Waals surface area contributed by atoms with Gasteiger partial charge in [-0.15, -0.1) is 5.10 Å². The molecule has 0 unspecified atom stereocenters. The van der Waals surface area contributed by atoms with Crippen LogP contribution in [0.25, 0.3) is 10.9 Å². The minimum atomic E-state index is 0.0455. The summed E-state index contributed by atoms with van der Waals surface area (Å²) in [6.45, 7) is 1.36. The first-order valence-electron chi connectivity index (χ1n) is 8.11. The monoisotopic (exact) mass is 322 g/mol. The molecule has 122 valence electrons. The molecular weight excluding hydrogens is 304 g/mol. The first kappa shape index (κ1) is 14.7. The van der Waals surface area contributed by atoms with Gasteiger partial charge in [-0.05, 0) is 18.2 Å². The third kappa shape index (κ3) is 2.95. The Hall–Kier alpha value is -2.89. The minimum Gasteiger partial charge on any atom is -0.473 e. The van der Waals surface area contributed by atoms with Crippen LogP contribution in [0.1, 0.15) is 23.3 Å². The SMILES string of the molecule is O=C(c1cc2ccccc2[nH]1)N1CCC(Oc2cccnn2)CC1. The van der Waals surface area contributed by atoms with E-state index < -0.39 is 0 Å². The molecule has 0 aliphatic carbocycles. The Morgan fingerprint density at radius 1 is 1.17 bits per heavy atom. The summed E-state index contributed by atoms with van der Waals surface area (Å²) in [5, 5.41) is 8.81. The number of nitrogens with one attached hydrogen (secondary N) is 1. The van der Waals surface area contributed by atoms with Gasteiger partial charge in [-0.25, -0.2) is 0 Å². The summed E-state index contributed by atoms with van der Waals surface area (Å²) in [6.07, 6.45) is 3.29. The van der Waals surface area contributed by atoms with Gasteiger partial charge in [-0.1, -0.05) is 18.2 Å². The van der Waals surface area contributed by atoms with E-state index in [4.69, 9.17) is 4.74 Å². The van der Waals surface area contributed by atoms with Gasteiger partial charge >= 0.3 is 0 Å². The van der Waals surface area contributed by atoms with Gasteiger partial charge in [-0.3, -0.25) is 4.79 Å².